The molecule has 0 spiro atoms. The Hall–Kier alpha value is -1.18. The fraction of sp³-hybridized carbons (Fsp3) is 0.857. The Morgan fingerprint density at radius 3 is 2.57 bits per heavy atom. The molecule has 2 fully saturated rings. The van der Waals surface area contributed by atoms with Gasteiger partial charge in [-0.2, -0.15) is 0 Å². The number of carbonyl (C=O) groups excluding carboxylic acids is 2. The zero-order valence-electron chi connectivity index (χ0n) is 12.7. The summed E-state index contributed by atoms with van der Waals surface area (Å²) in [6.07, 6.45) is 0.346. The SMILES string of the molecule is COC(=O)C1C(O)CCCN1C(=O)C(C)N1CCOCC1. The Morgan fingerprint density at radius 2 is 1.95 bits per heavy atom. The van der Waals surface area contributed by atoms with Crippen LogP contribution in [0.3, 0.4) is 0 Å². The molecule has 7 heteroatoms. The molecule has 120 valence electrons. The van der Waals surface area contributed by atoms with Crippen molar-refractivity contribution >= 4 is 11.9 Å². The second kappa shape index (κ2) is 7.20. The highest BCUT2D eigenvalue weighted by molar-refractivity contribution is 5.88. The van der Waals surface area contributed by atoms with Crippen molar-refractivity contribution in [3.05, 3.63) is 0 Å². The minimum atomic E-state index is -0.889. The Kier molecular flexibility index (Phi) is 5.55. The number of rotatable bonds is 3. The first-order valence-corrected chi connectivity index (χ1v) is 7.44. The van der Waals surface area contributed by atoms with E-state index in [0.717, 1.165) is 0 Å². The first-order valence-electron chi connectivity index (χ1n) is 7.44. The summed E-state index contributed by atoms with van der Waals surface area (Å²) in [4.78, 5) is 28.1. The molecule has 3 unspecified atom stereocenters. The monoisotopic (exact) mass is 300 g/mol. The van der Waals surface area contributed by atoms with Gasteiger partial charge in [-0.1, -0.05) is 0 Å². The average molecular weight is 300 g/mol. The van der Waals surface area contributed by atoms with E-state index in [0.29, 0.717) is 45.7 Å². The topological polar surface area (TPSA) is 79.3 Å². The van der Waals surface area contributed by atoms with Crippen LogP contribution in [0.2, 0.25) is 0 Å². The maximum atomic E-state index is 12.7. The number of nitrogens with zero attached hydrogens (tertiary/aromatic N) is 2. The fourth-order valence-electron chi connectivity index (χ4n) is 2.99. The maximum absolute atomic E-state index is 12.7. The van der Waals surface area contributed by atoms with Crippen LogP contribution >= 0.6 is 0 Å². The van der Waals surface area contributed by atoms with E-state index in [1.165, 1.54) is 12.0 Å². The standard InChI is InChI=1S/C14H24N2O5/c1-10(15-6-8-21-9-7-15)13(18)16-5-3-4-11(17)12(16)14(19)20-2/h10-12,17H,3-9H2,1-2H3. The second-order valence-corrected chi connectivity index (χ2v) is 5.53. The molecule has 1 N–H and O–H groups in total. The summed E-state index contributed by atoms with van der Waals surface area (Å²) in [7, 11) is 1.28. The fourth-order valence-corrected chi connectivity index (χ4v) is 2.99. The number of carbonyl (C=O) groups is 2. The molecule has 1 amide bonds. The van der Waals surface area contributed by atoms with Crippen molar-refractivity contribution in [1.29, 1.82) is 0 Å². The predicted octanol–water partition coefficient (Wildman–Crippen LogP) is -0.768. The van der Waals surface area contributed by atoms with Gasteiger partial charge in [0.15, 0.2) is 6.04 Å². The second-order valence-electron chi connectivity index (χ2n) is 5.53. The van der Waals surface area contributed by atoms with E-state index in [1.54, 1.807) is 0 Å². The number of aliphatic hydroxyl groups excluding tert-OH is 1. The number of morpholine rings is 1. The van der Waals surface area contributed by atoms with Gasteiger partial charge in [-0.05, 0) is 19.8 Å². The van der Waals surface area contributed by atoms with Gasteiger partial charge in [-0.3, -0.25) is 9.69 Å². The molecule has 3 atom stereocenters. The summed E-state index contributed by atoms with van der Waals surface area (Å²) < 4.78 is 10.0. The van der Waals surface area contributed by atoms with Gasteiger partial charge in [0.1, 0.15) is 0 Å². The molecule has 2 aliphatic heterocycles. The van der Waals surface area contributed by atoms with Crippen LogP contribution in [0.5, 0.6) is 0 Å². The summed E-state index contributed by atoms with van der Waals surface area (Å²) in [5.74, 6) is -0.684. The average Bonchev–Trinajstić information content (AvgIpc) is 2.53. The number of methoxy groups -OCH3 is 1. The van der Waals surface area contributed by atoms with Crippen molar-refractivity contribution in [2.75, 3.05) is 40.0 Å². The smallest absolute Gasteiger partial charge is 0.331 e. The third-order valence-corrected chi connectivity index (χ3v) is 4.28. The first-order chi connectivity index (χ1) is 10.1. The van der Waals surface area contributed by atoms with Crippen LogP contribution in [0.15, 0.2) is 0 Å². The molecule has 21 heavy (non-hydrogen) atoms. The number of piperidine rings is 1. The summed E-state index contributed by atoms with van der Waals surface area (Å²) in [5.41, 5.74) is 0. The summed E-state index contributed by atoms with van der Waals surface area (Å²) in [6, 6.07) is -1.22. The molecule has 0 aromatic carbocycles. The zero-order chi connectivity index (χ0) is 15.4. The largest absolute Gasteiger partial charge is 0.467 e. The Labute approximate surface area is 124 Å². The highest BCUT2D eigenvalue weighted by Crippen LogP contribution is 2.21. The number of esters is 1. The van der Waals surface area contributed by atoms with E-state index in [4.69, 9.17) is 9.47 Å². The van der Waals surface area contributed by atoms with E-state index < -0.39 is 18.1 Å². The van der Waals surface area contributed by atoms with Crippen LogP contribution in [-0.4, -0.2) is 84.9 Å². The van der Waals surface area contributed by atoms with Crippen molar-refractivity contribution in [2.24, 2.45) is 0 Å². The normalized spacial score (nSPS) is 29.0. The maximum Gasteiger partial charge on any atom is 0.331 e. The predicted molar refractivity (Wildman–Crippen MR) is 74.6 cm³/mol. The molecule has 2 rings (SSSR count). The number of likely N-dealkylation sites (tertiary alicyclic amines) is 1. The lowest BCUT2D eigenvalue weighted by Gasteiger charge is -2.41. The van der Waals surface area contributed by atoms with Crippen LogP contribution in [-0.2, 0) is 19.1 Å². The van der Waals surface area contributed by atoms with Crippen LogP contribution in [0.1, 0.15) is 19.8 Å². The van der Waals surface area contributed by atoms with Crippen LogP contribution in [0.25, 0.3) is 0 Å². The van der Waals surface area contributed by atoms with Gasteiger partial charge < -0.3 is 19.5 Å². The molecule has 0 radical (unpaired) electrons. The number of hydrogen-bond acceptors (Lipinski definition) is 6. The lowest BCUT2D eigenvalue weighted by Crippen LogP contribution is -2.60. The molecular formula is C14H24N2O5. The number of aliphatic hydroxyl groups is 1. The molecule has 0 bridgehead atoms. The highest BCUT2D eigenvalue weighted by Gasteiger charge is 2.41. The molecule has 2 heterocycles. The van der Waals surface area contributed by atoms with Crippen LogP contribution < -0.4 is 0 Å². The molecule has 0 aliphatic carbocycles. The first kappa shape index (κ1) is 16.2. The summed E-state index contributed by atoms with van der Waals surface area (Å²) in [5, 5.41) is 10.1. The van der Waals surface area contributed by atoms with E-state index in [2.05, 4.69) is 0 Å². The Morgan fingerprint density at radius 1 is 1.29 bits per heavy atom. The van der Waals surface area contributed by atoms with Crippen molar-refractivity contribution in [3.63, 3.8) is 0 Å². The van der Waals surface area contributed by atoms with Gasteiger partial charge in [0.25, 0.3) is 0 Å². The third-order valence-electron chi connectivity index (χ3n) is 4.28. The molecule has 0 aromatic heterocycles. The Balaban J connectivity index is 2.08. The van der Waals surface area contributed by atoms with Crippen LogP contribution in [0.4, 0.5) is 0 Å². The summed E-state index contributed by atoms with van der Waals surface area (Å²) >= 11 is 0. The molecule has 7 nitrogen and oxygen atoms in total. The van der Waals surface area contributed by atoms with Gasteiger partial charge in [0, 0.05) is 19.6 Å². The van der Waals surface area contributed by atoms with Gasteiger partial charge in [-0.25, -0.2) is 4.79 Å². The van der Waals surface area contributed by atoms with E-state index in [-0.39, 0.29) is 11.9 Å². The van der Waals surface area contributed by atoms with Crippen molar-refractivity contribution in [1.82, 2.24) is 9.80 Å². The quantitative estimate of drug-likeness (QED) is 0.690. The molecule has 2 saturated heterocycles. The molecule has 0 aromatic rings. The number of ether oxygens (including phenoxy) is 2. The minimum absolute atomic E-state index is 0.133. The summed E-state index contributed by atoms with van der Waals surface area (Å²) in [6.45, 7) is 4.94. The van der Waals surface area contributed by atoms with Gasteiger partial charge in [0.2, 0.25) is 5.91 Å². The van der Waals surface area contributed by atoms with Gasteiger partial charge in [-0.15, -0.1) is 0 Å². The van der Waals surface area contributed by atoms with E-state index >= 15 is 0 Å². The van der Waals surface area contributed by atoms with E-state index in [1.807, 2.05) is 11.8 Å². The lowest BCUT2D eigenvalue weighted by atomic mass is 9.97. The zero-order valence-corrected chi connectivity index (χ0v) is 12.7. The van der Waals surface area contributed by atoms with Crippen molar-refractivity contribution < 1.29 is 24.2 Å². The van der Waals surface area contributed by atoms with Crippen LogP contribution in [0, 0.1) is 0 Å². The minimum Gasteiger partial charge on any atom is -0.467 e. The van der Waals surface area contributed by atoms with Crippen molar-refractivity contribution in [2.45, 2.75) is 38.0 Å². The lowest BCUT2D eigenvalue weighted by molar-refractivity contribution is -0.163. The highest BCUT2D eigenvalue weighted by atomic mass is 16.5. The van der Waals surface area contributed by atoms with Gasteiger partial charge >= 0.3 is 5.97 Å². The third kappa shape index (κ3) is 3.53. The van der Waals surface area contributed by atoms with Gasteiger partial charge in [0.05, 0.1) is 32.5 Å². The van der Waals surface area contributed by atoms with Crippen molar-refractivity contribution in [3.8, 4) is 0 Å². The Bertz CT molecular complexity index is 384. The number of amides is 1. The molecule has 0 saturated carbocycles. The molecular weight excluding hydrogens is 276 g/mol. The molecule has 2 aliphatic rings. The number of hydrogen-bond donors (Lipinski definition) is 1. The van der Waals surface area contributed by atoms with E-state index in [9.17, 15) is 14.7 Å².